The van der Waals surface area contributed by atoms with E-state index >= 15 is 0 Å². The Morgan fingerprint density at radius 1 is 1.41 bits per heavy atom. The molecule has 0 bridgehead atoms. The van der Waals surface area contributed by atoms with Gasteiger partial charge in [-0.15, -0.1) is 0 Å². The van der Waals surface area contributed by atoms with Gasteiger partial charge in [0.15, 0.2) is 0 Å². The van der Waals surface area contributed by atoms with Gasteiger partial charge in [-0.3, -0.25) is 9.59 Å². The third-order valence-electron chi connectivity index (χ3n) is 3.90. The first-order chi connectivity index (χ1) is 7.88. The van der Waals surface area contributed by atoms with Crippen molar-refractivity contribution in [1.82, 2.24) is 10.2 Å². The molecule has 0 aromatic carbocycles. The topological polar surface area (TPSA) is 49.4 Å². The highest BCUT2D eigenvalue weighted by Crippen LogP contribution is 2.42. The number of amides is 2. The highest BCUT2D eigenvalue weighted by molar-refractivity contribution is 5.99. The maximum absolute atomic E-state index is 12.3. The van der Waals surface area contributed by atoms with Crippen molar-refractivity contribution in [3.8, 4) is 0 Å². The summed E-state index contributed by atoms with van der Waals surface area (Å²) in [6, 6.07) is -0.0230. The minimum absolute atomic E-state index is 0.0308. The predicted molar refractivity (Wildman–Crippen MR) is 65.3 cm³/mol. The lowest BCUT2D eigenvalue weighted by atomic mass is 9.97. The molecule has 0 spiro atoms. The van der Waals surface area contributed by atoms with Crippen molar-refractivity contribution in [2.24, 2.45) is 5.92 Å². The van der Waals surface area contributed by atoms with Crippen LogP contribution in [0, 0.1) is 5.92 Å². The second-order valence-corrected chi connectivity index (χ2v) is 5.85. The number of nitrogens with one attached hydrogen (secondary N) is 1. The molecule has 1 saturated heterocycles. The average molecular weight is 238 g/mol. The number of piperazine rings is 1. The minimum Gasteiger partial charge on any atom is -0.340 e. The van der Waals surface area contributed by atoms with E-state index in [0.29, 0.717) is 12.0 Å². The molecule has 2 fully saturated rings. The first kappa shape index (κ1) is 12.4. The van der Waals surface area contributed by atoms with Crippen molar-refractivity contribution < 1.29 is 9.59 Å². The van der Waals surface area contributed by atoms with E-state index in [1.165, 1.54) is 0 Å². The van der Waals surface area contributed by atoms with Crippen LogP contribution in [0.2, 0.25) is 0 Å². The van der Waals surface area contributed by atoms with Crippen LogP contribution < -0.4 is 5.32 Å². The molecule has 4 heteroatoms. The van der Waals surface area contributed by atoms with Crippen molar-refractivity contribution in [1.29, 1.82) is 0 Å². The molecule has 1 N–H and O–H groups in total. The second kappa shape index (κ2) is 4.00. The molecule has 1 aliphatic carbocycles. The predicted octanol–water partition coefficient (Wildman–Crippen LogP) is 1.30. The number of hydrogen-bond acceptors (Lipinski definition) is 2. The largest absolute Gasteiger partial charge is 0.340 e. The molecule has 1 saturated carbocycles. The van der Waals surface area contributed by atoms with Gasteiger partial charge in [0.05, 0.1) is 0 Å². The van der Waals surface area contributed by atoms with E-state index in [-0.39, 0.29) is 17.9 Å². The lowest BCUT2D eigenvalue weighted by Crippen LogP contribution is -2.68. The molecule has 2 rings (SSSR count). The maximum Gasteiger partial charge on any atom is 0.248 e. The summed E-state index contributed by atoms with van der Waals surface area (Å²) < 4.78 is 0. The van der Waals surface area contributed by atoms with Gasteiger partial charge in [0.2, 0.25) is 11.8 Å². The van der Waals surface area contributed by atoms with Crippen LogP contribution in [0.15, 0.2) is 0 Å². The standard InChI is InChI=1S/C13H22N2O2/c1-5-6-9-7-10(9)15-8(2)11(16)14-13(3,4)12(15)17/h8-10H,5-7H2,1-4H3,(H,14,16). The fraction of sp³-hybridized carbons (Fsp3) is 0.846. The number of carbonyl (C=O) groups excluding carboxylic acids is 2. The molecule has 3 unspecified atom stereocenters. The fourth-order valence-corrected chi connectivity index (χ4v) is 2.78. The lowest BCUT2D eigenvalue weighted by molar-refractivity contribution is -0.153. The Balaban J connectivity index is 2.14. The summed E-state index contributed by atoms with van der Waals surface area (Å²) in [7, 11) is 0. The molecular formula is C13H22N2O2. The van der Waals surface area contributed by atoms with E-state index in [0.717, 1.165) is 19.3 Å². The summed E-state index contributed by atoms with van der Waals surface area (Å²) in [5.74, 6) is 0.637. The van der Waals surface area contributed by atoms with Gasteiger partial charge >= 0.3 is 0 Å². The maximum atomic E-state index is 12.3. The summed E-state index contributed by atoms with van der Waals surface area (Å²) in [6.07, 6.45) is 3.36. The van der Waals surface area contributed by atoms with Crippen molar-refractivity contribution in [3.05, 3.63) is 0 Å². The zero-order valence-corrected chi connectivity index (χ0v) is 11.1. The average Bonchev–Trinajstić information content (AvgIpc) is 2.95. The van der Waals surface area contributed by atoms with E-state index in [9.17, 15) is 9.59 Å². The zero-order valence-electron chi connectivity index (χ0n) is 11.1. The van der Waals surface area contributed by atoms with Gasteiger partial charge in [0, 0.05) is 6.04 Å². The van der Waals surface area contributed by atoms with Gasteiger partial charge < -0.3 is 10.2 Å². The van der Waals surface area contributed by atoms with Crippen LogP contribution in [-0.4, -0.2) is 34.3 Å². The van der Waals surface area contributed by atoms with Crippen LogP contribution in [0.25, 0.3) is 0 Å². The van der Waals surface area contributed by atoms with Crippen molar-refractivity contribution in [2.45, 2.75) is 64.6 Å². The van der Waals surface area contributed by atoms with Crippen LogP contribution in [0.4, 0.5) is 0 Å². The molecule has 3 atom stereocenters. The molecule has 0 aromatic heterocycles. The first-order valence-electron chi connectivity index (χ1n) is 6.53. The second-order valence-electron chi connectivity index (χ2n) is 5.85. The summed E-state index contributed by atoms with van der Waals surface area (Å²) in [6.45, 7) is 7.55. The quantitative estimate of drug-likeness (QED) is 0.805. The zero-order chi connectivity index (χ0) is 12.8. The van der Waals surface area contributed by atoms with E-state index in [4.69, 9.17) is 0 Å². The molecular weight excluding hydrogens is 216 g/mol. The van der Waals surface area contributed by atoms with Crippen molar-refractivity contribution in [2.75, 3.05) is 0 Å². The van der Waals surface area contributed by atoms with Gasteiger partial charge in [0.1, 0.15) is 11.6 Å². The summed E-state index contributed by atoms with van der Waals surface area (Å²) in [5.41, 5.74) is -0.747. The number of rotatable bonds is 3. The highest BCUT2D eigenvalue weighted by atomic mass is 16.2. The Morgan fingerprint density at radius 2 is 2.06 bits per heavy atom. The summed E-state index contributed by atoms with van der Waals surface area (Å²) in [4.78, 5) is 26.0. The van der Waals surface area contributed by atoms with Gasteiger partial charge in [-0.05, 0) is 39.5 Å². The smallest absolute Gasteiger partial charge is 0.248 e. The molecule has 2 amide bonds. The Morgan fingerprint density at radius 3 is 2.65 bits per heavy atom. The molecule has 0 aromatic rings. The van der Waals surface area contributed by atoms with E-state index in [2.05, 4.69) is 12.2 Å². The van der Waals surface area contributed by atoms with Gasteiger partial charge in [-0.1, -0.05) is 13.3 Å². The number of carbonyl (C=O) groups is 2. The Labute approximate surface area is 103 Å². The van der Waals surface area contributed by atoms with Crippen LogP contribution in [0.3, 0.4) is 0 Å². The van der Waals surface area contributed by atoms with Gasteiger partial charge in [-0.25, -0.2) is 0 Å². The third-order valence-corrected chi connectivity index (χ3v) is 3.90. The monoisotopic (exact) mass is 238 g/mol. The van der Waals surface area contributed by atoms with Crippen molar-refractivity contribution in [3.63, 3.8) is 0 Å². The van der Waals surface area contributed by atoms with Crippen LogP contribution in [-0.2, 0) is 9.59 Å². The molecule has 1 aliphatic heterocycles. The molecule has 96 valence electrons. The lowest BCUT2D eigenvalue weighted by Gasteiger charge is -2.42. The SMILES string of the molecule is CCCC1CC1N1C(=O)C(C)(C)NC(=O)C1C. The fourth-order valence-electron chi connectivity index (χ4n) is 2.78. The third kappa shape index (κ3) is 2.05. The van der Waals surface area contributed by atoms with E-state index in [1.807, 2.05) is 11.8 Å². The van der Waals surface area contributed by atoms with Gasteiger partial charge in [0.25, 0.3) is 0 Å². The summed E-state index contributed by atoms with van der Waals surface area (Å²) >= 11 is 0. The number of hydrogen-bond donors (Lipinski definition) is 1. The molecule has 17 heavy (non-hydrogen) atoms. The first-order valence-corrected chi connectivity index (χ1v) is 6.53. The Hall–Kier alpha value is -1.06. The minimum atomic E-state index is -0.747. The molecule has 0 radical (unpaired) electrons. The van der Waals surface area contributed by atoms with Crippen molar-refractivity contribution >= 4 is 11.8 Å². The number of nitrogens with zero attached hydrogens (tertiary/aromatic N) is 1. The van der Waals surface area contributed by atoms with Crippen LogP contribution >= 0.6 is 0 Å². The van der Waals surface area contributed by atoms with E-state index in [1.54, 1.807) is 13.8 Å². The van der Waals surface area contributed by atoms with Crippen LogP contribution in [0.1, 0.15) is 47.0 Å². The Kier molecular flexibility index (Phi) is 2.92. The normalized spacial score (nSPS) is 35.8. The van der Waals surface area contributed by atoms with E-state index < -0.39 is 5.54 Å². The highest BCUT2D eigenvalue weighted by Gasteiger charge is 2.52. The summed E-state index contributed by atoms with van der Waals surface area (Å²) in [5, 5.41) is 2.78. The molecule has 4 nitrogen and oxygen atoms in total. The molecule has 1 heterocycles. The van der Waals surface area contributed by atoms with Gasteiger partial charge in [-0.2, -0.15) is 0 Å². The molecule has 2 aliphatic rings. The van der Waals surface area contributed by atoms with Crippen LogP contribution in [0.5, 0.6) is 0 Å². The Bertz CT molecular complexity index is 351.